The van der Waals surface area contributed by atoms with Crippen LogP contribution < -0.4 is 14.8 Å². The first kappa shape index (κ1) is 22.1. The van der Waals surface area contributed by atoms with E-state index in [1.807, 2.05) is 6.92 Å². The molecule has 3 aromatic carbocycles. The topological polar surface area (TPSA) is 84.5 Å². The van der Waals surface area contributed by atoms with Gasteiger partial charge in [-0.1, -0.05) is 42.5 Å². The highest BCUT2D eigenvalue weighted by atomic mass is 32.2. The molecule has 7 heteroatoms. The molecule has 0 atom stereocenters. The predicted molar refractivity (Wildman–Crippen MR) is 123 cm³/mol. The summed E-state index contributed by atoms with van der Waals surface area (Å²) in [5.41, 5.74) is 2.76. The Bertz CT molecular complexity index is 1200. The Morgan fingerprint density at radius 2 is 1.74 bits per heavy atom. The van der Waals surface area contributed by atoms with E-state index in [0.29, 0.717) is 34.9 Å². The van der Waals surface area contributed by atoms with Crippen molar-refractivity contribution in [2.24, 2.45) is 0 Å². The van der Waals surface area contributed by atoms with Crippen LogP contribution in [-0.2, 0) is 10.0 Å². The van der Waals surface area contributed by atoms with E-state index in [-0.39, 0.29) is 10.8 Å². The molecule has 0 radical (unpaired) electrons. The SMILES string of the molecule is C=CCOc1cccc(NC(=O)c2cccc(NS(=O)(=O)c3ccc(C)cc3)c2C)c1. The van der Waals surface area contributed by atoms with Crippen LogP contribution in [0.2, 0.25) is 0 Å². The van der Waals surface area contributed by atoms with Crippen molar-refractivity contribution in [1.29, 1.82) is 0 Å². The Kier molecular flexibility index (Phi) is 6.77. The van der Waals surface area contributed by atoms with Crippen LogP contribution in [0.1, 0.15) is 21.5 Å². The molecule has 1 amide bonds. The molecule has 0 saturated carbocycles. The van der Waals surface area contributed by atoms with Crippen molar-refractivity contribution in [3.63, 3.8) is 0 Å². The largest absolute Gasteiger partial charge is 0.489 e. The quantitative estimate of drug-likeness (QED) is 0.491. The summed E-state index contributed by atoms with van der Waals surface area (Å²) in [6, 6.07) is 18.5. The van der Waals surface area contributed by atoms with Gasteiger partial charge in [0, 0.05) is 17.3 Å². The first-order valence-electron chi connectivity index (χ1n) is 9.64. The van der Waals surface area contributed by atoms with E-state index in [0.717, 1.165) is 5.56 Å². The van der Waals surface area contributed by atoms with E-state index in [4.69, 9.17) is 4.74 Å². The number of hydrogen-bond acceptors (Lipinski definition) is 4. The fourth-order valence-corrected chi connectivity index (χ4v) is 4.05. The van der Waals surface area contributed by atoms with Crippen molar-refractivity contribution in [2.45, 2.75) is 18.7 Å². The van der Waals surface area contributed by atoms with Crippen LogP contribution in [0.25, 0.3) is 0 Å². The molecule has 0 aliphatic carbocycles. The van der Waals surface area contributed by atoms with E-state index in [9.17, 15) is 13.2 Å². The molecule has 3 rings (SSSR count). The molecule has 0 fully saturated rings. The second-order valence-corrected chi connectivity index (χ2v) is 8.66. The maximum Gasteiger partial charge on any atom is 0.261 e. The standard InChI is InChI=1S/C24H24N2O4S/c1-4-15-30-20-8-5-7-19(16-20)25-24(27)22-9-6-10-23(18(22)3)26-31(28,29)21-13-11-17(2)12-14-21/h4-14,16,26H,1,15H2,2-3H3,(H,25,27). The number of benzene rings is 3. The number of hydrogen-bond donors (Lipinski definition) is 2. The van der Waals surface area contributed by atoms with Gasteiger partial charge < -0.3 is 10.1 Å². The van der Waals surface area contributed by atoms with Gasteiger partial charge in [0.15, 0.2) is 0 Å². The van der Waals surface area contributed by atoms with Gasteiger partial charge in [0.25, 0.3) is 15.9 Å². The highest BCUT2D eigenvalue weighted by Gasteiger charge is 2.18. The Hall–Kier alpha value is -3.58. The smallest absolute Gasteiger partial charge is 0.261 e. The molecule has 0 unspecified atom stereocenters. The van der Waals surface area contributed by atoms with Crippen molar-refractivity contribution >= 4 is 27.3 Å². The fourth-order valence-electron chi connectivity index (χ4n) is 2.93. The summed E-state index contributed by atoms with van der Waals surface area (Å²) in [4.78, 5) is 13.0. The Labute approximate surface area is 182 Å². The summed E-state index contributed by atoms with van der Waals surface area (Å²) >= 11 is 0. The van der Waals surface area contributed by atoms with E-state index in [1.54, 1.807) is 79.7 Å². The molecule has 0 heterocycles. The molecule has 0 saturated heterocycles. The zero-order valence-corrected chi connectivity index (χ0v) is 18.2. The van der Waals surface area contributed by atoms with Crippen LogP contribution in [-0.4, -0.2) is 20.9 Å². The van der Waals surface area contributed by atoms with E-state index < -0.39 is 10.0 Å². The lowest BCUT2D eigenvalue weighted by molar-refractivity contribution is 0.102. The van der Waals surface area contributed by atoms with Gasteiger partial charge >= 0.3 is 0 Å². The van der Waals surface area contributed by atoms with Crippen LogP contribution in [0, 0.1) is 13.8 Å². The van der Waals surface area contributed by atoms with Crippen LogP contribution in [0.15, 0.2) is 84.3 Å². The lowest BCUT2D eigenvalue weighted by Crippen LogP contribution is -2.17. The van der Waals surface area contributed by atoms with Crippen molar-refractivity contribution in [1.82, 2.24) is 0 Å². The van der Waals surface area contributed by atoms with Gasteiger partial charge in [-0.25, -0.2) is 8.42 Å². The van der Waals surface area contributed by atoms with Gasteiger partial charge in [-0.3, -0.25) is 9.52 Å². The normalized spacial score (nSPS) is 10.9. The molecule has 0 spiro atoms. The lowest BCUT2D eigenvalue weighted by Gasteiger charge is -2.14. The number of ether oxygens (including phenoxy) is 1. The van der Waals surface area contributed by atoms with Gasteiger partial charge in [-0.05, 0) is 55.8 Å². The molecule has 0 aromatic heterocycles. The molecule has 0 aliphatic rings. The molecule has 31 heavy (non-hydrogen) atoms. The molecule has 0 bridgehead atoms. The number of sulfonamides is 1. The highest BCUT2D eigenvalue weighted by Crippen LogP contribution is 2.24. The number of anilines is 2. The van der Waals surface area contributed by atoms with Crippen LogP contribution in [0.4, 0.5) is 11.4 Å². The average molecular weight is 437 g/mol. The van der Waals surface area contributed by atoms with E-state index in [2.05, 4.69) is 16.6 Å². The zero-order valence-electron chi connectivity index (χ0n) is 17.4. The number of nitrogens with one attached hydrogen (secondary N) is 2. The monoisotopic (exact) mass is 436 g/mol. The summed E-state index contributed by atoms with van der Waals surface area (Å²) in [5, 5.41) is 2.82. The van der Waals surface area contributed by atoms with Gasteiger partial charge in [0.05, 0.1) is 10.6 Å². The molecule has 0 aliphatic heterocycles. The predicted octanol–water partition coefficient (Wildman–Crippen LogP) is 4.92. The average Bonchev–Trinajstić information content (AvgIpc) is 2.74. The van der Waals surface area contributed by atoms with Crippen molar-refractivity contribution < 1.29 is 17.9 Å². The Morgan fingerprint density at radius 3 is 2.45 bits per heavy atom. The molecular weight excluding hydrogens is 412 g/mol. The third-order valence-electron chi connectivity index (χ3n) is 4.61. The van der Waals surface area contributed by atoms with Crippen LogP contribution in [0.3, 0.4) is 0 Å². The third-order valence-corrected chi connectivity index (χ3v) is 6.00. The summed E-state index contributed by atoms with van der Waals surface area (Å²) in [5.74, 6) is 0.254. The number of carbonyl (C=O) groups excluding carboxylic acids is 1. The highest BCUT2D eigenvalue weighted by molar-refractivity contribution is 7.92. The summed E-state index contributed by atoms with van der Waals surface area (Å²) in [7, 11) is -3.77. The van der Waals surface area contributed by atoms with Gasteiger partial charge in [-0.2, -0.15) is 0 Å². The number of carbonyl (C=O) groups is 1. The summed E-state index contributed by atoms with van der Waals surface area (Å²) in [6.07, 6.45) is 1.64. The van der Waals surface area contributed by atoms with Crippen molar-refractivity contribution in [3.05, 3.63) is 96.1 Å². The minimum absolute atomic E-state index is 0.156. The molecule has 3 aromatic rings. The minimum atomic E-state index is -3.77. The minimum Gasteiger partial charge on any atom is -0.489 e. The molecule has 2 N–H and O–H groups in total. The maximum absolute atomic E-state index is 12.8. The van der Waals surface area contributed by atoms with E-state index >= 15 is 0 Å². The van der Waals surface area contributed by atoms with Crippen LogP contribution in [0.5, 0.6) is 5.75 Å². The molecular formula is C24H24N2O4S. The number of amides is 1. The maximum atomic E-state index is 12.8. The number of rotatable bonds is 8. The molecule has 6 nitrogen and oxygen atoms in total. The fraction of sp³-hybridized carbons (Fsp3) is 0.125. The lowest BCUT2D eigenvalue weighted by atomic mass is 10.1. The van der Waals surface area contributed by atoms with Gasteiger partial charge in [-0.15, -0.1) is 0 Å². The van der Waals surface area contributed by atoms with Gasteiger partial charge in [0.1, 0.15) is 12.4 Å². The van der Waals surface area contributed by atoms with Crippen molar-refractivity contribution in [2.75, 3.05) is 16.6 Å². The summed E-state index contributed by atoms with van der Waals surface area (Å²) in [6.45, 7) is 7.56. The molecule has 160 valence electrons. The summed E-state index contributed by atoms with van der Waals surface area (Å²) < 4.78 is 33.5. The third kappa shape index (κ3) is 5.52. The van der Waals surface area contributed by atoms with Crippen molar-refractivity contribution in [3.8, 4) is 5.75 Å². The first-order valence-corrected chi connectivity index (χ1v) is 11.1. The first-order chi connectivity index (χ1) is 14.8. The van der Waals surface area contributed by atoms with Gasteiger partial charge in [0.2, 0.25) is 0 Å². The van der Waals surface area contributed by atoms with E-state index in [1.165, 1.54) is 0 Å². The Balaban J connectivity index is 1.81. The zero-order chi connectivity index (χ0) is 22.4. The Morgan fingerprint density at radius 1 is 1.03 bits per heavy atom. The second-order valence-electron chi connectivity index (χ2n) is 6.98. The second kappa shape index (κ2) is 9.49. The number of aryl methyl sites for hydroxylation is 1. The van der Waals surface area contributed by atoms with Crippen LogP contribution >= 0.6 is 0 Å².